The van der Waals surface area contributed by atoms with Gasteiger partial charge in [0.15, 0.2) is 0 Å². The molecule has 0 bridgehead atoms. The molecule has 1 unspecified atom stereocenters. The maximum absolute atomic E-state index is 3.52. The Bertz CT molecular complexity index is 425. The minimum Gasteiger partial charge on any atom is -0.384 e. The third-order valence-electron chi connectivity index (χ3n) is 4.49. The Morgan fingerprint density at radius 2 is 2.17 bits per heavy atom. The summed E-state index contributed by atoms with van der Waals surface area (Å²) in [5.41, 5.74) is 3.41. The summed E-state index contributed by atoms with van der Waals surface area (Å²) in [6.45, 7) is 9.71. The fraction of sp³-hybridized carbons (Fsp3) is 0.625. The van der Waals surface area contributed by atoms with Crippen LogP contribution in [-0.4, -0.2) is 31.1 Å². The second-order valence-electron chi connectivity index (χ2n) is 6.64. The van der Waals surface area contributed by atoms with E-state index >= 15 is 0 Å². The summed E-state index contributed by atoms with van der Waals surface area (Å²) in [4.78, 5) is 2.64. The summed E-state index contributed by atoms with van der Waals surface area (Å²) in [6.07, 6.45) is 2.65. The van der Waals surface area contributed by atoms with Crippen LogP contribution in [0.2, 0.25) is 0 Å². The number of likely N-dealkylation sites (tertiary alicyclic amines) is 1. The van der Waals surface area contributed by atoms with Crippen LogP contribution in [0.4, 0.5) is 5.69 Å². The number of nitrogens with one attached hydrogen (secondary N) is 1. The van der Waals surface area contributed by atoms with E-state index in [9.17, 15) is 0 Å². The first kappa shape index (κ1) is 12.0. The smallest absolute Gasteiger partial charge is 0.0376 e. The van der Waals surface area contributed by atoms with Gasteiger partial charge in [0.2, 0.25) is 0 Å². The van der Waals surface area contributed by atoms with Crippen LogP contribution in [0.15, 0.2) is 24.3 Å². The van der Waals surface area contributed by atoms with E-state index in [4.69, 9.17) is 0 Å². The standard InChI is InChI=1S/C16H24N2/c1-16(2)8-10-18(12-16)9-7-13-11-17-15-6-4-3-5-14(13)15/h3-6,13,17H,7-12H2,1-2H3. The number of anilines is 1. The van der Waals surface area contributed by atoms with Crippen molar-refractivity contribution in [2.75, 3.05) is 31.5 Å². The Labute approximate surface area is 110 Å². The number of hydrogen-bond acceptors (Lipinski definition) is 2. The molecule has 98 valence electrons. The van der Waals surface area contributed by atoms with Gasteiger partial charge in [0.1, 0.15) is 0 Å². The molecule has 0 saturated carbocycles. The highest BCUT2D eigenvalue weighted by Gasteiger charge is 2.30. The lowest BCUT2D eigenvalue weighted by molar-refractivity contribution is 0.282. The number of fused-ring (bicyclic) bond motifs is 1. The van der Waals surface area contributed by atoms with Crippen LogP contribution in [0.3, 0.4) is 0 Å². The first-order valence-corrected chi connectivity index (χ1v) is 7.19. The molecule has 1 saturated heterocycles. The molecule has 0 amide bonds. The zero-order chi connectivity index (χ0) is 12.6. The summed E-state index contributed by atoms with van der Waals surface area (Å²) in [6, 6.07) is 8.78. The van der Waals surface area contributed by atoms with E-state index in [-0.39, 0.29) is 0 Å². The van der Waals surface area contributed by atoms with Crippen LogP contribution in [0, 0.1) is 5.41 Å². The second-order valence-corrected chi connectivity index (χ2v) is 6.64. The van der Waals surface area contributed by atoms with Gasteiger partial charge in [-0.2, -0.15) is 0 Å². The molecule has 0 spiro atoms. The van der Waals surface area contributed by atoms with E-state index in [1.165, 1.54) is 43.7 Å². The second kappa shape index (κ2) is 4.58. The Morgan fingerprint density at radius 1 is 1.33 bits per heavy atom. The van der Waals surface area contributed by atoms with E-state index in [1.54, 1.807) is 0 Å². The van der Waals surface area contributed by atoms with Gasteiger partial charge in [0.05, 0.1) is 0 Å². The number of benzene rings is 1. The van der Waals surface area contributed by atoms with Gasteiger partial charge in [-0.05, 0) is 43.0 Å². The third kappa shape index (κ3) is 2.39. The monoisotopic (exact) mass is 244 g/mol. The van der Waals surface area contributed by atoms with Crippen molar-refractivity contribution >= 4 is 5.69 Å². The lowest BCUT2D eigenvalue weighted by atomic mass is 9.93. The van der Waals surface area contributed by atoms with Gasteiger partial charge in [0.25, 0.3) is 0 Å². The van der Waals surface area contributed by atoms with Crippen LogP contribution in [0.1, 0.15) is 38.2 Å². The SMILES string of the molecule is CC1(C)CCN(CCC2CNc3ccccc32)C1. The number of rotatable bonds is 3. The molecule has 3 rings (SSSR count). The normalized spacial score (nSPS) is 26.0. The molecular formula is C16H24N2. The number of hydrogen-bond donors (Lipinski definition) is 1. The summed E-state index contributed by atoms with van der Waals surface area (Å²) in [5, 5.41) is 3.52. The molecule has 2 heteroatoms. The highest BCUT2D eigenvalue weighted by atomic mass is 15.1. The van der Waals surface area contributed by atoms with Crippen molar-refractivity contribution in [3.8, 4) is 0 Å². The van der Waals surface area contributed by atoms with Gasteiger partial charge in [-0.25, -0.2) is 0 Å². The topological polar surface area (TPSA) is 15.3 Å². The van der Waals surface area contributed by atoms with E-state index in [2.05, 4.69) is 48.3 Å². The summed E-state index contributed by atoms with van der Waals surface area (Å²) in [7, 11) is 0. The van der Waals surface area contributed by atoms with E-state index in [1.807, 2.05) is 0 Å². The van der Waals surface area contributed by atoms with Crippen LogP contribution < -0.4 is 5.32 Å². The van der Waals surface area contributed by atoms with Gasteiger partial charge >= 0.3 is 0 Å². The fourth-order valence-electron chi connectivity index (χ4n) is 3.37. The van der Waals surface area contributed by atoms with E-state index in [0.29, 0.717) is 11.3 Å². The first-order valence-electron chi connectivity index (χ1n) is 7.19. The molecule has 2 heterocycles. The van der Waals surface area contributed by atoms with Crippen molar-refractivity contribution in [2.24, 2.45) is 5.41 Å². The van der Waals surface area contributed by atoms with Crippen molar-refractivity contribution in [1.29, 1.82) is 0 Å². The lowest BCUT2D eigenvalue weighted by Crippen LogP contribution is -2.25. The molecule has 1 aromatic rings. The Balaban J connectivity index is 1.56. The van der Waals surface area contributed by atoms with E-state index < -0.39 is 0 Å². The largest absolute Gasteiger partial charge is 0.384 e. The van der Waals surface area contributed by atoms with Crippen molar-refractivity contribution in [3.05, 3.63) is 29.8 Å². The van der Waals surface area contributed by atoms with E-state index in [0.717, 1.165) is 6.54 Å². The average molecular weight is 244 g/mol. The molecular weight excluding hydrogens is 220 g/mol. The minimum absolute atomic E-state index is 0.534. The molecule has 0 aliphatic carbocycles. The predicted octanol–water partition coefficient (Wildman–Crippen LogP) is 3.32. The van der Waals surface area contributed by atoms with Gasteiger partial charge in [0, 0.05) is 24.7 Å². The average Bonchev–Trinajstić information content (AvgIpc) is 2.90. The van der Waals surface area contributed by atoms with Gasteiger partial charge in [-0.3, -0.25) is 0 Å². The van der Waals surface area contributed by atoms with Crippen LogP contribution in [0.25, 0.3) is 0 Å². The lowest BCUT2D eigenvalue weighted by Gasteiger charge is -2.21. The molecule has 2 aliphatic rings. The predicted molar refractivity (Wildman–Crippen MR) is 77.1 cm³/mol. The van der Waals surface area contributed by atoms with Crippen molar-refractivity contribution in [2.45, 2.75) is 32.6 Å². The quantitative estimate of drug-likeness (QED) is 0.877. The van der Waals surface area contributed by atoms with Crippen molar-refractivity contribution < 1.29 is 0 Å². The molecule has 1 fully saturated rings. The van der Waals surface area contributed by atoms with Gasteiger partial charge in [-0.1, -0.05) is 32.0 Å². The maximum atomic E-state index is 3.52. The maximum Gasteiger partial charge on any atom is 0.0376 e. The van der Waals surface area contributed by atoms with Crippen LogP contribution >= 0.6 is 0 Å². The molecule has 2 nitrogen and oxygen atoms in total. The summed E-state index contributed by atoms with van der Waals surface area (Å²) >= 11 is 0. The summed E-state index contributed by atoms with van der Waals surface area (Å²) in [5.74, 6) is 0.713. The number of nitrogens with zero attached hydrogens (tertiary/aromatic N) is 1. The third-order valence-corrected chi connectivity index (χ3v) is 4.49. The van der Waals surface area contributed by atoms with Gasteiger partial charge < -0.3 is 10.2 Å². The fourth-order valence-corrected chi connectivity index (χ4v) is 3.37. The molecule has 0 radical (unpaired) electrons. The minimum atomic E-state index is 0.534. The first-order chi connectivity index (χ1) is 8.64. The molecule has 2 aliphatic heterocycles. The Kier molecular flexibility index (Phi) is 3.06. The molecule has 1 aromatic carbocycles. The Morgan fingerprint density at radius 3 is 2.94 bits per heavy atom. The van der Waals surface area contributed by atoms with Crippen LogP contribution in [0.5, 0.6) is 0 Å². The van der Waals surface area contributed by atoms with Crippen LogP contribution in [-0.2, 0) is 0 Å². The van der Waals surface area contributed by atoms with Gasteiger partial charge in [-0.15, -0.1) is 0 Å². The molecule has 18 heavy (non-hydrogen) atoms. The number of para-hydroxylation sites is 1. The van der Waals surface area contributed by atoms with Crippen molar-refractivity contribution in [3.63, 3.8) is 0 Å². The molecule has 1 N–H and O–H groups in total. The highest BCUT2D eigenvalue weighted by molar-refractivity contribution is 5.57. The summed E-state index contributed by atoms with van der Waals surface area (Å²) < 4.78 is 0. The zero-order valence-corrected chi connectivity index (χ0v) is 11.6. The molecule has 1 atom stereocenters. The highest BCUT2D eigenvalue weighted by Crippen LogP contribution is 2.34. The molecule has 0 aromatic heterocycles. The van der Waals surface area contributed by atoms with Crippen molar-refractivity contribution in [1.82, 2.24) is 4.90 Å². The zero-order valence-electron chi connectivity index (χ0n) is 11.6. The Hall–Kier alpha value is -1.02.